The zero-order chi connectivity index (χ0) is 17.1. The summed E-state index contributed by atoms with van der Waals surface area (Å²) in [6.07, 6.45) is 4.43. The summed E-state index contributed by atoms with van der Waals surface area (Å²) >= 11 is 0. The van der Waals surface area contributed by atoms with E-state index in [0.29, 0.717) is 30.6 Å². The number of hydrogen-bond acceptors (Lipinski definition) is 3. The van der Waals surface area contributed by atoms with E-state index >= 15 is 0 Å². The molecule has 1 fully saturated rings. The van der Waals surface area contributed by atoms with E-state index in [0.717, 1.165) is 11.6 Å². The summed E-state index contributed by atoms with van der Waals surface area (Å²) in [7, 11) is 1.58. The maximum absolute atomic E-state index is 13.7. The molecular formula is C18H18F2N2O2. The monoisotopic (exact) mass is 332 g/mol. The Bertz CT molecular complexity index is 746. The van der Waals surface area contributed by atoms with Gasteiger partial charge in [-0.3, -0.25) is 9.78 Å². The molecule has 2 aromatic rings. The van der Waals surface area contributed by atoms with Crippen molar-refractivity contribution in [3.05, 3.63) is 65.0 Å². The van der Waals surface area contributed by atoms with Gasteiger partial charge in [-0.15, -0.1) is 0 Å². The number of halogens is 2. The van der Waals surface area contributed by atoms with Gasteiger partial charge in [-0.05, 0) is 42.0 Å². The van der Waals surface area contributed by atoms with Gasteiger partial charge in [-0.25, -0.2) is 8.78 Å². The Morgan fingerprint density at radius 1 is 1.29 bits per heavy atom. The molecule has 0 saturated heterocycles. The largest absolute Gasteiger partial charge is 0.380 e. The van der Waals surface area contributed by atoms with Crippen LogP contribution in [0.5, 0.6) is 0 Å². The van der Waals surface area contributed by atoms with Gasteiger partial charge in [0.25, 0.3) is 5.91 Å². The minimum absolute atomic E-state index is 0.00820. The summed E-state index contributed by atoms with van der Waals surface area (Å²) in [5, 5.41) is 2.92. The van der Waals surface area contributed by atoms with E-state index in [9.17, 15) is 13.6 Å². The molecule has 1 N–H and O–H groups in total. The van der Waals surface area contributed by atoms with E-state index in [1.807, 2.05) is 0 Å². The highest BCUT2D eigenvalue weighted by Crippen LogP contribution is 2.38. The van der Waals surface area contributed by atoms with E-state index < -0.39 is 11.6 Å². The topological polar surface area (TPSA) is 51.2 Å². The second kappa shape index (κ2) is 7.05. The summed E-state index contributed by atoms with van der Waals surface area (Å²) < 4.78 is 31.7. The molecule has 126 valence electrons. The predicted octanol–water partition coefficient (Wildman–Crippen LogP) is 3.18. The second-order valence-corrected chi connectivity index (χ2v) is 6.02. The van der Waals surface area contributed by atoms with Crippen LogP contribution in [0.3, 0.4) is 0 Å². The lowest BCUT2D eigenvalue weighted by molar-refractivity contribution is 0.0907. The molecule has 3 rings (SSSR count). The fourth-order valence-corrected chi connectivity index (χ4v) is 2.95. The van der Waals surface area contributed by atoms with Gasteiger partial charge < -0.3 is 10.1 Å². The number of aromatic nitrogens is 1. The van der Waals surface area contributed by atoms with Crippen LogP contribution in [0.4, 0.5) is 8.78 Å². The Balaban J connectivity index is 1.57. The number of nitrogens with zero attached hydrogens (tertiary/aromatic N) is 1. The van der Waals surface area contributed by atoms with Gasteiger partial charge in [0.15, 0.2) is 0 Å². The van der Waals surface area contributed by atoms with Crippen LogP contribution in [0, 0.1) is 11.6 Å². The van der Waals surface area contributed by atoms with Crippen molar-refractivity contribution < 1.29 is 18.3 Å². The molecule has 0 atom stereocenters. The summed E-state index contributed by atoms with van der Waals surface area (Å²) in [6, 6.07) is 5.36. The highest BCUT2D eigenvalue weighted by Gasteiger charge is 2.33. The molecule has 1 aliphatic rings. The number of carbonyl (C=O) groups excluding carboxylic acids is 1. The quantitative estimate of drug-likeness (QED) is 0.915. The van der Waals surface area contributed by atoms with Crippen molar-refractivity contribution in [2.45, 2.75) is 31.4 Å². The van der Waals surface area contributed by atoms with E-state index in [-0.39, 0.29) is 17.9 Å². The number of ether oxygens (including phenoxy) is 1. The fourth-order valence-electron chi connectivity index (χ4n) is 2.95. The van der Waals surface area contributed by atoms with Crippen LogP contribution in [0.25, 0.3) is 0 Å². The first kappa shape index (κ1) is 16.5. The molecule has 1 saturated carbocycles. The highest BCUT2D eigenvalue weighted by atomic mass is 19.1. The van der Waals surface area contributed by atoms with Crippen LogP contribution in [0.15, 0.2) is 36.7 Å². The van der Waals surface area contributed by atoms with Crippen molar-refractivity contribution in [2.24, 2.45) is 0 Å². The number of rotatable bonds is 5. The SMILES string of the molecule is COCc1cncc(C(=O)NC2CC(c3ccc(F)cc3F)C2)c1. The zero-order valence-electron chi connectivity index (χ0n) is 13.3. The molecule has 0 unspecified atom stereocenters. The van der Waals surface area contributed by atoms with E-state index in [4.69, 9.17) is 4.74 Å². The van der Waals surface area contributed by atoms with Crippen molar-refractivity contribution >= 4 is 5.91 Å². The minimum atomic E-state index is -0.580. The smallest absolute Gasteiger partial charge is 0.253 e. The number of amides is 1. The first-order chi connectivity index (χ1) is 11.6. The number of pyridine rings is 1. The molecule has 1 amide bonds. The summed E-state index contributed by atoms with van der Waals surface area (Å²) in [4.78, 5) is 16.3. The molecule has 0 bridgehead atoms. The standard InChI is InChI=1S/C18H18F2N2O2/c1-24-10-11-4-13(9-21-8-11)18(23)22-15-5-12(6-15)16-3-2-14(19)7-17(16)20/h2-4,7-9,12,15H,5-6,10H2,1H3,(H,22,23). The average molecular weight is 332 g/mol. The average Bonchev–Trinajstić information content (AvgIpc) is 2.52. The van der Waals surface area contributed by atoms with E-state index in [1.54, 1.807) is 19.4 Å². The van der Waals surface area contributed by atoms with Gasteiger partial charge in [0.1, 0.15) is 11.6 Å². The number of hydrogen-bond donors (Lipinski definition) is 1. The number of methoxy groups -OCH3 is 1. The molecule has 0 spiro atoms. The van der Waals surface area contributed by atoms with Gasteiger partial charge in [0, 0.05) is 31.6 Å². The van der Waals surface area contributed by atoms with Crippen LogP contribution in [-0.2, 0) is 11.3 Å². The summed E-state index contributed by atoms with van der Waals surface area (Å²) in [6.45, 7) is 0.392. The number of nitrogens with one attached hydrogen (secondary N) is 1. The Hall–Kier alpha value is -2.34. The van der Waals surface area contributed by atoms with Gasteiger partial charge in [0.2, 0.25) is 0 Å². The first-order valence-corrected chi connectivity index (χ1v) is 7.75. The Morgan fingerprint density at radius 2 is 2.08 bits per heavy atom. The van der Waals surface area contributed by atoms with Crippen LogP contribution in [0.1, 0.15) is 40.2 Å². The normalized spacial score (nSPS) is 19.6. The Morgan fingerprint density at radius 3 is 2.79 bits per heavy atom. The Kier molecular flexibility index (Phi) is 4.85. The first-order valence-electron chi connectivity index (χ1n) is 7.75. The Labute approximate surface area is 138 Å². The van der Waals surface area contributed by atoms with Crippen molar-refractivity contribution in [1.82, 2.24) is 10.3 Å². The molecule has 6 heteroatoms. The lowest BCUT2D eigenvalue weighted by Gasteiger charge is -2.36. The molecule has 1 aromatic carbocycles. The van der Waals surface area contributed by atoms with Crippen molar-refractivity contribution in [2.75, 3.05) is 7.11 Å². The third kappa shape index (κ3) is 3.59. The number of carbonyl (C=O) groups is 1. The summed E-state index contributed by atoms with van der Waals surface area (Å²) in [5.41, 5.74) is 1.80. The number of benzene rings is 1. The third-order valence-corrected chi connectivity index (χ3v) is 4.24. The second-order valence-electron chi connectivity index (χ2n) is 6.02. The van der Waals surface area contributed by atoms with Crippen molar-refractivity contribution in [3.63, 3.8) is 0 Å². The van der Waals surface area contributed by atoms with Crippen molar-refractivity contribution in [1.29, 1.82) is 0 Å². The molecule has 4 nitrogen and oxygen atoms in total. The predicted molar refractivity (Wildman–Crippen MR) is 84.5 cm³/mol. The maximum atomic E-state index is 13.7. The van der Waals surface area contributed by atoms with Gasteiger partial charge in [-0.2, -0.15) is 0 Å². The summed E-state index contributed by atoms with van der Waals surface area (Å²) in [5.74, 6) is -1.30. The fraction of sp³-hybridized carbons (Fsp3) is 0.333. The molecular weight excluding hydrogens is 314 g/mol. The lowest BCUT2D eigenvalue weighted by Crippen LogP contribution is -2.43. The lowest BCUT2D eigenvalue weighted by atomic mass is 9.75. The van der Waals surface area contributed by atoms with Crippen LogP contribution < -0.4 is 5.32 Å². The van der Waals surface area contributed by atoms with E-state index in [2.05, 4.69) is 10.3 Å². The van der Waals surface area contributed by atoms with Crippen LogP contribution in [0.2, 0.25) is 0 Å². The van der Waals surface area contributed by atoms with E-state index in [1.165, 1.54) is 18.3 Å². The van der Waals surface area contributed by atoms with Gasteiger partial charge >= 0.3 is 0 Å². The van der Waals surface area contributed by atoms with Crippen molar-refractivity contribution in [3.8, 4) is 0 Å². The molecule has 0 radical (unpaired) electrons. The highest BCUT2D eigenvalue weighted by molar-refractivity contribution is 5.94. The molecule has 24 heavy (non-hydrogen) atoms. The van der Waals surface area contributed by atoms with Crippen LogP contribution >= 0.6 is 0 Å². The molecule has 1 aliphatic carbocycles. The van der Waals surface area contributed by atoms with Gasteiger partial charge in [-0.1, -0.05) is 6.07 Å². The molecule has 1 aromatic heterocycles. The third-order valence-electron chi connectivity index (χ3n) is 4.24. The van der Waals surface area contributed by atoms with Gasteiger partial charge in [0.05, 0.1) is 12.2 Å². The van der Waals surface area contributed by atoms with Crippen LogP contribution in [-0.4, -0.2) is 24.0 Å². The zero-order valence-corrected chi connectivity index (χ0v) is 13.3. The molecule has 0 aliphatic heterocycles. The maximum Gasteiger partial charge on any atom is 0.253 e. The minimum Gasteiger partial charge on any atom is -0.380 e. The molecule has 1 heterocycles.